The second-order valence-electron chi connectivity index (χ2n) is 11.3. The highest BCUT2D eigenvalue weighted by atomic mass is 19.4. The SMILES string of the molecule is CC1OC(=O)C2CC3CN(C(=O)C4CC4)CCC3C(/C=C/c3ccc(-c4cccc(C(F)(F)F)c4)cn3)C12. The topological polar surface area (TPSA) is 59.5 Å². The molecule has 6 rings (SSSR count). The second kappa shape index (κ2) is 9.54. The molecular formula is C30H31F3N2O3. The molecule has 4 aliphatic rings. The molecule has 0 bridgehead atoms. The van der Waals surface area contributed by atoms with Gasteiger partial charge in [0.1, 0.15) is 6.10 Å². The molecule has 0 spiro atoms. The Morgan fingerprint density at radius 2 is 1.95 bits per heavy atom. The van der Waals surface area contributed by atoms with Gasteiger partial charge in [-0.1, -0.05) is 24.3 Å². The number of likely N-dealkylation sites (tertiary alicyclic amines) is 1. The van der Waals surface area contributed by atoms with E-state index in [1.54, 1.807) is 24.4 Å². The van der Waals surface area contributed by atoms with Crippen LogP contribution in [0.25, 0.3) is 17.2 Å². The minimum Gasteiger partial charge on any atom is -0.462 e. The molecule has 8 heteroatoms. The minimum atomic E-state index is -4.40. The van der Waals surface area contributed by atoms with Gasteiger partial charge < -0.3 is 9.64 Å². The Hall–Kier alpha value is -3.16. The third kappa shape index (κ3) is 4.74. The molecule has 6 atom stereocenters. The zero-order valence-electron chi connectivity index (χ0n) is 21.2. The van der Waals surface area contributed by atoms with Crippen molar-refractivity contribution in [3.05, 3.63) is 59.9 Å². The summed E-state index contributed by atoms with van der Waals surface area (Å²) in [5, 5.41) is 0. The van der Waals surface area contributed by atoms with Crippen molar-refractivity contribution >= 4 is 18.0 Å². The van der Waals surface area contributed by atoms with E-state index in [0.717, 1.165) is 44.4 Å². The van der Waals surface area contributed by atoms with Crippen molar-refractivity contribution in [3.8, 4) is 11.1 Å². The van der Waals surface area contributed by atoms with E-state index in [9.17, 15) is 22.8 Å². The third-order valence-corrected chi connectivity index (χ3v) is 8.94. The van der Waals surface area contributed by atoms with Crippen LogP contribution in [0.1, 0.15) is 43.9 Å². The van der Waals surface area contributed by atoms with E-state index in [0.29, 0.717) is 29.3 Å². The number of cyclic esters (lactones) is 1. The molecule has 200 valence electrons. The first kappa shape index (κ1) is 25.1. The van der Waals surface area contributed by atoms with E-state index >= 15 is 0 Å². The number of allylic oxidation sites excluding steroid dienone is 1. The molecule has 3 heterocycles. The highest BCUT2D eigenvalue weighted by Gasteiger charge is 2.55. The predicted molar refractivity (Wildman–Crippen MR) is 135 cm³/mol. The van der Waals surface area contributed by atoms with E-state index in [-0.39, 0.29) is 47.6 Å². The molecule has 4 fully saturated rings. The number of nitrogens with zero attached hydrogens (tertiary/aromatic N) is 2. The fourth-order valence-electron chi connectivity index (χ4n) is 6.91. The quantitative estimate of drug-likeness (QED) is 0.471. The fraction of sp³-hybridized carbons (Fsp3) is 0.500. The number of carbonyl (C=O) groups excluding carboxylic acids is 2. The van der Waals surface area contributed by atoms with Crippen LogP contribution >= 0.6 is 0 Å². The van der Waals surface area contributed by atoms with E-state index < -0.39 is 11.7 Å². The average Bonchev–Trinajstić information content (AvgIpc) is 3.71. The summed E-state index contributed by atoms with van der Waals surface area (Å²) in [6.45, 7) is 3.43. The Balaban J connectivity index is 1.22. The molecule has 0 N–H and O–H groups in total. The Kier molecular flexibility index (Phi) is 6.31. The summed E-state index contributed by atoms with van der Waals surface area (Å²) >= 11 is 0. The highest BCUT2D eigenvalue weighted by Crippen LogP contribution is 2.52. The first-order valence-corrected chi connectivity index (χ1v) is 13.5. The number of ether oxygens (including phenoxy) is 1. The molecule has 38 heavy (non-hydrogen) atoms. The van der Waals surface area contributed by atoms with Gasteiger partial charge in [-0.15, -0.1) is 0 Å². The number of carbonyl (C=O) groups is 2. The van der Waals surface area contributed by atoms with E-state index in [1.165, 1.54) is 6.07 Å². The van der Waals surface area contributed by atoms with E-state index in [2.05, 4.69) is 11.1 Å². The number of halogens is 3. The zero-order chi connectivity index (χ0) is 26.6. The number of alkyl halides is 3. The van der Waals surface area contributed by atoms with E-state index in [4.69, 9.17) is 4.74 Å². The van der Waals surface area contributed by atoms with Crippen LogP contribution in [0.3, 0.4) is 0 Å². The van der Waals surface area contributed by atoms with Gasteiger partial charge in [0, 0.05) is 36.7 Å². The van der Waals surface area contributed by atoms with Crippen molar-refractivity contribution in [2.24, 2.45) is 35.5 Å². The van der Waals surface area contributed by atoms with Crippen LogP contribution in [0.4, 0.5) is 13.2 Å². The summed E-state index contributed by atoms with van der Waals surface area (Å²) in [5.74, 6) is 1.01. The molecule has 2 aliphatic heterocycles. The van der Waals surface area contributed by atoms with Crippen LogP contribution in [0.15, 0.2) is 48.7 Å². The van der Waals surface area contributed by atoms with Crippen LogP contribution in [0, 0.1) is 35.5 Å². The number of esters is 1. The fourth-order valence-corrected chi connectivity index (χ4v) is 6.91. The van der Waals surface area contributed by atoms with Gasteiger partial charge in [-0.25, -0.2) is 0 Å². The monoisotopic (exact) mass is 524 g/mol. The van der Waals surface area contributed by atoms with Gasteiger partial charge in [0.2, 0.25) is 5.91 Å². The van der Waals surface area contributed by atoms with Crippen molar-refractivity contribution in [2.45, 2.75) is 44.9 Å². The largest absolute Gasteiger partial charge is 0.462 e. The summed E-state index contributed by atoms with van der Waals surface area (Å²) < 4.78 is 45.0. The summed E-state index contributed by atoms with van der Waals surface area (Å²) in [6, 6.07) is 8.82. The summed E-state index contributed by atoms with van der Waals surface area (Å²) in [4.78, 5) is 31.9. The Morgan fingerprint density at radius 1 is 1.13 bits per heavy atom. The van der Waals surface area contributed by atoms with Crippen LogP contribution in [-0.2, 0) is 20.5 Å². The lowest BCUT2D eigenvalue weighted by molar-refractivity contribution is -0.144. The average molecular weight is 525 g/mol. The van der Waals surface area contributed by atoms with Crippen LogP contribution in [-0.4, -0.2) is 41.0 Å². The summed E-state index contributed by atoms with van der Waals surface area (Å²) in [7, 11) is 0. The maximum absolute atomic E-state index is 13.1. The molecule has 0 radical (unpaired) electrons. The van der Waals surface area contributed by atoms with E-state index in [1.807, 2.05) is 17.9 Å². The van der Waals surface area contributed by atoms with Crippen LogP contribution in [0.5, 0.6) is 0 Å². The standard InChI is InChI=1S/C30H31F3N2O3/c1-17-27-25(10-9-23-8-7-20(15-34-23)19-3-2-4-22(13-19)30(31,32)33)24-11-12-35(28(36)18-5-6-18)16-21(24)14-26(27)29(37)38-17/h2-4,7-10,13,15,17-18,21,24-27H,5-6,11-12,14,16H2,1H3/b10-9+. The third-order valence-electron chi connectivity index (χ3n) is 8.94. The lowest BCUT2D eigenvalue weighted by Gasteiger charge is -2.48. The van der Waals surface area contributed by atoms with Crippen molar-refractivity contribution in [1.82, 2.24) is 9.88 Å². The molecular weight excluding hydrogens is 493 g/mol. The summed E-state index contributed by atoms with van der Waals surface area (Å²) in [6.07, 6.45) is 4.79. The Bertz CT molecular complexity index is 1250. The number of pyridine rings is 1. The first-order chi connectivity index (χ1) is 18.2. The molecule has 2 aliphatic carbocycles. The summed E-state index contributed by atoms with van der Waals surface area (Å²) in [5.41, 5.74) is 1.09. The molecule has 1 amide bonds. The molecule has 1 aromatic heterocycles. The first-order valence-electron chi connectivity index (χ1n) is 13.5. The molecule has 2 aromatic rings. The van der Waals surface area contributed by atoms with Gasteiger partial charge in [-0.3, -0.25) is 14.6 Å². The van der Waals surface area contributed by atoms with Crippen molar-refractivity contribution in [3.63, 3.8) is 0 Å². The second-order valence-corrected chi connectivity index (χ2v) is 11.3. The van der Waals surface area contributed by atoms with Gasteiger partial charge in [0.05, 0.1) is 17.2 Å². The Morgan fingerprint density at radius 3 is 2.66 bits per heavy atom. The maximum atomic E-state index is 13.1. The van der Waals surface area contributed by atoms with Crippen molar-refractivity contribution < 1.29 is 27.5 Å². The number of amides is 1. The van der Waals surface area contributed by atoms with Gasteiger partial charge in [-0.2, -0.15) is 13.2 Å². The van der Waals surface area contributed by atoms with Crippen LogP contribution in [0.2, 0.25) is 0 Å². The number of hydrogen-bond donors (Lipinski definition) is 0. The normalized spacial score (nSPS) is 31.2. The minimum absolute atomic E-state index is 0.0927. The maximum Gasteiger partial charge on any atom is 0.416 e. The lowest BCUT2D eigenvalue weighted by atomic mass is 9.59. The number of benzene rings is 1. The van der Waals surface area contributed by atoms with Gasteiger partial charge in [0.25, 0.3) is 0 Å². The van der Waals surface area contributed by atoms with Gasteiger partial charge in [0.15, 0.2) is 0 Å². The molecule has 6 unspecified atom stereocenters. The molecule has 2 saturated carbocycles. The number of hydrogen-bond acceptors (Lipinski definition) is 4. The smallest absolute Gasteiger partial charge is 0.416 e. The predicted octanol–water partition coefficient (Wildman–Crippen LogP) is 5.85. The molecule has 5 nitrogen and oxygen atoms in total. The van der Waals surface area contributed by atoms with Crippen molar-refractivity contribution in [1.29, 1.82) is 0 Å². The Labute approximate surface area is 220 Å². The zero-order valence-corrected chi connectivity index (χ0v) is 21.2. The van der Waals surface area contributed by atoms with Gasteiger partial charge in [-0.05, 0) is 80.2 Å². The highest BCUT2D eigenvalue weighted by molar-refractivity contribution is 5.81. The van der Waals surface area contributed by atoms with Crippen molar-refractivity contribution in [2.75, 3.05) is 13.1 Å². The number of aromatic nitrogens is 1. The van der Waals surface area contributed by atoms with Gasteiger partial charge >= 0.3 is 12.1 Å². The number of rotatable bonds is 4. The number of piperidine rings is 1. The molecule has 1 aromatic carbocycles. The molecule has 2 saturated heterocycles. The van der Waals surface area contributed by atoms with Crippen LogP contribution < -0.4 is 0 Å². The lowest BCUT2D eigenvalue weighted by Crippen LogP contribution is -2.51. The number of fused-ring (bicyclic) bond motifs is 2.